The van der Waals surface area contributed by atoms with Gasteiger partial charge in [0.25, 0.3) is 0 Å². The van der Waals surface area contributed by atoms with Gasteiger partial charge in [-0.1, -0.05) is 6.92 Å². The monoisotopic (exact) mass is 214 g/mol. The molecule has 0 saturated heterocycles. The molecule has 4 nitrogen and oxygen atoms in total. The van der Waals surface area contributed by atoms with Crippen molar-refractivity contribution >= 4 is 5.91 Å². The van der Waals surface area contributed by atoms with Crippen LogP contribution in [0.4, 0.5) is 0 Å². The van der Waals surface area contributed by atoms with Crippen LogP contribution in [0.3, 0.4) is 0 Å². The van der Waals surface area contributed by atoms with Gasteiger partial charge in [-0.2, -0.15) is 0 Å². The molecule has 0 atom stereocenters. The van der Waals surface area contributed by atoms with Crippen LogP contribution in [0.25, 0.3) is 0 Å². The summed E-state index contributed by atoms with van der Waals surface area (Å²) in [6.07, 6.45) is 3.38. The van der Waals surface area contributed by atoms with E-state index < -0.39 is 0 Å². The van der Waals surface area contributed by atoms with E-state index in [9.17, 15) is 4.79 Å². The zero-order valence-corrected chi connectivity index (χ0v) is 9.79. The molecule has 15 heavy (non-hydrogen) atoms. The van der Waals surface area contributed by atoms with Crippen LogP contribution in [0, 0.1) is 0 Å². The third-order valence-electron chi connectivity index (χ3n) is 2.55. The van der Waals surface area contributed by atoms with E-state index in [4.69, 9.17) is 4.74 Å². The predicted molar refractivity (Wildman–Crippen MR) is 59.8 cm³/mol. The van der Waals surface area contributed by atoms with Crippen LogP contribution in [0.15, 0.2) is 0 Å². The highest BCUT2D eigenvalue weighted by molar-refractivity contribution is 5.78. The first-order valence-electron chi connectivity index (χ1n) is 5.78. The van der Waals surface area contributed by atoms with Crippen LogP contribution >= 0.6 is 0 Å². The summed E-state index contributed by atoms with van der Waals surface area (Å²) in [7, 11) is 1.67. The topological polar surface area (TPSA) is 41.6 Å². The predicted octanol–water partition coefficient (Wildman–Crippen LogP) is 0.623. The molecule has 0 unspecified atom stereocenters. The maximum atomic E-state index is 11.8. The Balaban J connectivity index is 2.24. The summed E-state index contributed by atoms with van der Waals surface area (Å²) in [6.45, 7) is 4.84. The molecule has 0 aliphatic heterocycles. The van der Waals surface area contributed by atoms with E-state index in [1.54, 1.807) is 7.11 Å². The Morgan fingerprint density at radius 3 is 2.80 bits per heavy atom. The SMILES string of the molecule is CCCNCC(=O)N(CCOC)C1CC1. The van der Waals surface area contributed by atoms with Gasteiger partial charge in [0.2, 0.25) is 5.91 Å². The quantitative estimate of drug-likeness (QED) is 0.602. The van der Waals surface area contributed by atoms with Crippen molar-refractivity contribution in [2.45, 2.75) is 32.2 Å². The van der Waals surface area contributed by atoms with Crippen LogP contribution in [0.1, 0.15) is 26.2 Å². The van der Waals surface area contributed by atoms with Crippen molar-refractivity contribution in [1.29, 1.82) is 0 Å². The number of amides is 1. The molecular formula is C11H22N2O2. The van der Waals surface area contributed by atoms with Gasteiger partial charge in [-0.15, -0.1) is 0 Å². The van der Waals surface area contributed by atoms with Gasteiger partial charge < -0.3 is 15.0 Å². The van der Waals surface area contributed by atoms with E-state index in [0.29, 0.717) is 19.2 Å². The lowest BCUT2D eigenvalue weighted by Gasteiger charge is -2.22. The molecule has 1 saturated carbocycles. The molecule has 1 aliphatic rings. The zero-order chi connectivity index (χ0) is 11.1. The van der Waals surface area contributed by atoms with Crippen molar-refractivity contribution in [3.05, 3.63) is 0 Å². The van der Waals surface area contributed by atoms with E-state index in [2.05, 4.69) is 12.2 Å². The Morgan fingerprint density at radius 2 is 2.27 bits per heavy atom. The molecular weight excluding hydrogens is 192 g/mol. The summed E-state index contributed by atoms with van der Waals surface area (Å²) in [5.74, 6) is 0.211. The molecule has 1 N–H and O–H groups in total. The average molecular weight is 214 g/mol. The lowest BCUT2D eigenvalue weighted by molar-refractivity contribution is -0.131. The maximum absolute atomic E-state index is 11.8. The third kappa shape index (κ3) is 4.62. The summed E-state index contributed by atoms with van der Waals surface area (Å²) in [4.78, 5) is 13.8. The number of ether oxygens (including phenoxy) is 1. The normalized spacial score (nSPS) is 15.3. The van der Waals surface area contributed by atoms with Crippen molar-refractivity contribution in [2.75, 3.05) is 33.4 Å². The van der Waals surface area contributed by atoms with Gasteiger partial charge in [0.05, 0.1) is 13.2 Å². The number of methoxy groups -OCH3 is 1. The number of nitrogens with zero attached hydrogens (tertiary/aromatic N) is 1. The Kier molecular flexibility index (Phi) is 5.65. The molecule has 0 aromatic rings. The Morgan fingerprint density at radius 1 is 1.53 bits per heavy atom. The largest absolute Gasteiger partial charge is 0.383 e. The standard InChI is InChI=1S/C11H22N2O2/c1-3-6-12-9-11(14)13(7-8-15-2)10-4-5-10/h10,12H,3-9H2,1-2H3. The Hall–Kier alpha value is -0.610. The fourth-order valence-electron chi connectivity index (χ4n) is 1.56. The van der Waals surface area contributed by atoms with Gasteiger partial charge in [-0.25, -0.2) is 0 Å². The van der Waals surface area contributed by atoms with Crippen molar-refractivity contribution < 1.29 is 9.53 Å². The second-order valence-electron chi connectivity index (χ2n) is 3.99. The molecule has 4 heteroatoms. The van der Waals surface area contributed by atoms with E-state index >= 15 is 0 Å². The summed E-state index contributed by atoms with van der Waals surface area (Å²) >= 11 is 0. The lowest BCUT2D eigenvalue weighted by atomic mass is 10.4. The minimum atomic E-state index is 0.211. The molecule has 0 heterocycles. The highest BCUT2D eigenvalue weighted by atomic mass is 16.5. The first kappa shape index (κ1) is 12.5. The highest BCUT2D eigenvalue weighted by Crippen LogP contribution is 2.26. The van der Waals surface area contributed by atoms with Gasteiger partial charge in [0.15, 0.2) is 0 Å². The van der Waals surface area contributed by atoms with Crippen LogP contribution in [0.2, 0.25) is 0 Å². The number of carbonyl (C=O) groups excluding carboxylic acids is 1. The fourth-order valence-corrected chi connectivity index (χ4v) is 1.56. The van der Waals surface area contributed by atoms with E-state index in [1.165, 1.54) is 0 Å². The van der Waals surface area contributed by atoms with Gasteiger partial charge in [0.1, 0.15) is 0 Å². The molecule has 0 aromatic carbocycles. The first-order chi connectivity index (χ1) is 7.29. The van der Waals surface area contributed by atoms with Crippen molar-refractivity contribution in [2.24, 2.45) is 0 Å². The molecule has 0 spiro atoms. The van der Waals surface area contributed by atoms with Gasteiger partial charge in [0, 0.05) is 19.7 Å². The Bertz CT molecular complexity index is 193. The van der Waals surface area contributed by atoms with Crippen molar-refractivity contribution in [3.8, 4) is 0 Å². The van der Waals surface area contributed by atoms with Crippen LogP contribution in [-0.4, -0.2) is 50.2 Å². The maximum Gasteiger partial charge on any atom is 0.236 e. The van der Waals surface area contributed by atoms with E-state index in [0.717, 1.165) is 32.4 Å². The van der Waals surface area contributed by atoms with E-state index in [-0.39, 0.29) is 5.91 Å². The highest BCUT2D eigenvalue weighted by Gasteiger charge is 2.31. The summed E-state index contributed by atoms with van der Waals surface area (Å²) in [5, 5.41) is 3.14. The summed E-state index contributed by atoms with van der Waals surface area (Å²) < 4.78 is 5.01. The second kappa shape index (κ2) is 6.80. The summed E-state index contributed by atoms with van der Waals surface area (Å²) in [6, 6.07) is 0.482. The molecule has 88 valence electrons. The number of rotatable bonds is 8. The van der Waals surface area contributed by atoms with Gasteiger partial charge in [-0.05, 0) is 25.8 Å². The number of nitrogens with one attached hydrogen (secondary N) is 1. The van der Waals surface area contributed by atoms with Crippen molar-refractivity contribution in [1.82, 2.24) is 10.2 Å². The fraction of sp³-hybridized carbons (Fsp3) is 0.909. The molecule has 1 amide bonds. The molecule has 1 aliphatic carbocycles. The average Bonchev–Trinajstić information content (AvgIpc) is 3.03. The molecule has 0 bridgehead atoms. The van der Waals surface area contributed by atoms with E-state index in [1.807, 2.05) is 4.90 Å². The smallest absolute Gasteiger partial charge is 0.236 e. The van der Waals surface area contributed by atoms with Gasteiger partial charge >= 0.3 is 0 Å². The molecule has 1 fully saturated rings. The molecule has 1 rings (SSSR count). The van der Waals surface area contributed by atoms with Crippen LogP contribution in [0.5, 0.6) is 0 Å². The first-order valence-corrected chi connectivity index (χ1v) is 5.78. The number of hydrogen-bond acceptors (Lipinski definition) is 3. The minimum absolute atomic E-state index is 0.211. The van der Waals surface area contributed by atoms with Crippen LogP contribution < -0.4 is 5.32 Å². The third-order valence-corrected chi connectivity index (χ3v) is 2.55. The summed E-state index contributed by atoms with van der Waals surface area (Å²) in [5.41, 5.74) is 0. The lowest BCUT2D eigenvalue weighted by Crippen LogP contribution is -2.41. The van der Waals surface area contributed by atoms with Gasteiger partial charge in [-0.3, -0.25) is 4.79 Å². The zero-order valence-electron chi connectivity index (χ0n) is 9.79. The minimum Gasteiger partial charge on any atom is -0.383 e. The Labute approximate surface area is 92.0 Å². The second-order valence-corrected chi connectivity index (χ2v) is 3.99. The van der Waals surface area contributed by atoms with Crippen molar-refractivity contribution in [3.63, 3.8) is 0 Å². The molecule has 0 aromatic heterocycles. The number of carbonyl (C=O) groups is 1. The molecule has 0 radical (unpaired) electrons. The number of hydrogen-bond donors (Lipinski definition) is 1. The van der Waals surface area contributed by atoms with Crippen LogP contribution in [-0.2, 0) is 9.53 Å².